The van der Waals surface area contributed by atoms with Crippen LogP contribution in [0.3, 0.4) is 0 Å². The second-order valence-electron chi connectivity index (χ2n) is 21.0. The second-order valence-corrected chi connectivity index (χ2v) is 21.0. The lowest BCUT2D eigenvalue weighted by Crippen LogP contribution is -2.60. The largest absolute Gasteiger partial charge is 0.394 e. The Hall–Kier alpha value is -1.67. The van der Waals surface area contributed by atoms with Crippen molar-refractivity contribution in [3.05, 3.63) is 36.5 Å². The minimum Gasteiger partial charge on any atom is -0.394 e. The zero-order chi connectivity index (χ0) is 51.8. The molecule has 11 nitrogen and oxygen atoms in total. The van der Waals surface area contributed by atoms with Gasteiger partial charge in [-0.1, -0.05) is 243 Å². The van der Waals surface area contributed by atoms with E-state index in [0.29, 0.717) is 19.3 Å². The predicted octanol–water partition coefficient (Wildman–Crippen LogP) is 12.7. The van der Waals surface area contributed by atoms with Crippen molar-refractivity contribution in [2.75, 3.05) is 13.2 Å². The molecule has 0 bridgehead atoms. The van der Waals surface area contributed by atoms with Gasteiger partial charge in [0.2, 0.25) is 5.91 Å². The molecule has 1 saturated heterocycles. The van der Waals surface area contributed by atoms with Crippen molar-refractivity contribution in [2.45, 2.75) is 326 Å². The second kappa shape index (κ2) is 49.2. The molecule has 0 aromatic heterocycles. The monoisotopic (exact) mass is 1010 g/mol. The molecule has 1 heterocycles. The van der Waals surface area contributed by atoms with Crippen molar-refractivity contribution in [2.24, 2.45) is 0 Å². The first-order valence-corrected chi connectivity index (χ1v) is 29.9. The Bertz CT molecular complexity index is 1250. The van der Waals surface area contributed by atoms with Crippen LogP contribution in [-0.4, -0.2) is 110 Å². The van der Waals surface area contributed by atoms with Gasteiger partial charge in [-0.2, -0.15) is 0 Å². The number of hydrogen-bond donors (Lipinski definition) is 8. The molecule has 0 aromatic carbocycles. The molecule has 1 aliphatic heterocycles. The first-order chi connectivity index (χ1) is 34.7. The minimum absolute atomic E-state index is 0.243. The lowest BCUT2D eigenvalue weighted by atomic mass is 9.98. The fourth-order valence-corrected chi connectivity index (χ4v) is 9.53. The zero-order valence-electron chi connectivity index (χ0n) is 45.7. The molecule has 1 amide bonds. The average Bonchev–Trinajstić information content (AvgIpc) is 3.37. The smallest absolute Gasteiger partial charge is 0.249 e. The van der Waals surface area contributed by atoms with E-state index in [1.807, 2.05) is 0 Å². The third-order valence-electron chi connectivity index (χ3n) is 14.4. The summed E-state index contributed by atoms with van der Waals surface area (Å²) in [5.41, 5.74) is 0. The molecular formula is C60H113NO10. The zero-order valence-corrected chi connectivity index (χ0v) is 45.7. The molecular weight excluding hydrogens is 895 g/mol. The van der Waals surface area contributed by atoms with E-state index >= 15 is 0 Å². The van der Waals surface area contributed by atoms with Gasteiger partial charge in [-0.15, -0.1) is 0 Å². The molecule has 0 aromatic rings. The average molecular weight is 1010 g/mol. The molecule has 1 aliphatic rings. The Morgan fingerprint density at radius 3 is 1.25 bits per heavy atom. The molecule has 8 N–H and O–H groups in total. The van der Waals surface area contributed by atoms with Crippen LogP contribution in [0.1, 0.15) is 271 Å². The third-order valence-corrected chi connectivity index (χ3v) is 14.4. The van der Waals surface area contributed by atoms with Crippen LogP contribution in [0.25, 0.3) is 0 Å². The molecule has 71 heavy (non-hydrogen) atoms. The SMILES string of the molecule is CCCCCCCCCCCCCC/C=C/CC/C=C/CC/C=C/CCCC(O)C(O)C(COC1OC(CO)C(O)C(O)C1O)NC(=O)C(O)CCCCCCCCCCCCCCCCCCCCC. The summed E-state index contributed by atoms with van der Waals surface area (Å²) in [7, 11) is 0. The summed E-state index contributed by atoms with van der Waals surface area (Å²) in [6.45, 7) is 3.46. The van der Waals surface area contributed by atoms with Crippen LogP contribution in [0.4, 0.5) is 0 Å². The summed E-state index contributed by atoms with van der Waals surface area (Å²) in [6, 6.07) is -1.19. The number of ether oxygens (including phenoxy) is 2. The van der Waals surface area contributed by atoms with E-state index in [1.54, 1.807) is 0 Å². The Labute approximate surface area is 435 Å². The number of unbranched alkanes of at least 4 members (excludes halogenated alkanes) is 33. The molecule has 0 radical (unpaired) electrons. The number of allylic oxidation sites excluding steroid dienone is 6. The van der Waals surface area contributed by atoms with Gasteiger partial charge in [0.05, 0.1) is 25.4 Å². The topological polar surface area (TPSA) is 189 Å². The van der Waals surface area contributed by atoms with Crippen LogP contribution < -0.4 is 5.32 Å². The van der Waals surface area contributed by atoms with Crippen molar-refractivity contribution in [3.8, 4) is 0 Å². The van der Waals surface area contributed by atoms with Gasteiger partial charge >= 0.3 is 0 Å². The Kier molecular flexibility index (Phi) is 46.7. The van der Waals surface area contributed by atoms with Crippen molar-refractivity contribution < 1.29 is 50.0 Å². The van der Waals surface area contributed by atoms with E-state index in [0.717, 1.165) is 44.9 Å². The van der Waals surface area contributed by atoms with E-state index in [1.165, 1.54) is 180 Å². The lowest BCUT2D eigenvalue weighted by Gasteiger charge is -2.40. The van der Waals surface area contributed by atoms with Crippen LogP contribution >= 0.6 is 0 Å². The highest BCUT2D eigenvalue weighted by atomic mass is 16.7. The molecule has 1 rings (SSSR count). The summed E-state index contributed by atoms with van der Waals surface area (Å²) in [5, 5.41) is 76.1. The molecule has 418 valence electrons. The molecule has 11 heteroatoms. The first kappa shape index (κ1) is 67.3. The fourth-order valence-electron chi connectivity index (χ4n) is 9.53. The van der Waals surface area contributed by atoms with Gasteiger partial charge in [-0.05, 0) is 64.2 Å². The van der Waals surface area contributed by atoms with Gasteiger partial charge < -0.3 is 50.5 Å². The Morgan fingerprint density at radius 1 is 0.479 bits per heavy atom. The first-order valence-electron chi connectivity index (χ1n) is 29.9. The van der Waals surface area contributed by atoms with Crippen LogP contribution in [0.2, 0.25) is 0 Å². The summed E-state index contributed by atoms with van der Waals surface area (Å²) in [5.74, 6) is -0.709. The normalized spacial score (nSPS) is 20.4. The number of carbonyl (C=O) groups excluding carboxylic acids is 1. The van der Waals surface area contributed by atoms with Crippen molar-refractivity contribution in [1.82, 2.24) is 5.32 Å². The number of aliphatic hydroxyl groups excluding tert-OH is 7. The van der Waals surface area contributed by atoms with Crippen LogP contribution in [0.5, 0.6) is 0 Å². The van der Waals surface area contributed by atoms with E-state index in [4.69, 9.17) is 9.47 Å². The summed E-state index contributed by atoms with van der Waals surface area (Å²) in [6.07, 6.45) is 49.2. The van der Waals surface area contributed by atoms with E-state index in [-0.39, 0.29) is 12.8 Å². The van der Waals surface area contributed by atoms with Gasteiger partial charge in [-0.25, -0.2) is 0 Å². The van der Waals surface area contributed by atoms with E-state index < -0.39 is 74.2 Å². The van der Waals surface area contributed by atoms with Gasteiger partial charge in [-0.3, -0.25) is 4.79 Å². The molecule has 1 fully saturated rings. The van der Waals surface area contributed by atoms with Crippen LogP contribution in [0, 0.1) is 0 Å². The number of nitrogens with one attached hydrogen (secondary N) is 1. The number of carbonyl (C=O) groups is 1. The van der Waals surface area contributed by atoms with Gasteiger partial charge in [0, 0.05) is 0 Å². The molecule has 9 atom stereocenters. The molecule has 0 spiro atoms. The summed E-state index contributed by atoms with van der Waals surface area (Å²) in [4.78, 5) is 13.2. The maximum absolute atomic E-state index is 13.2. The van der Waals surface area contributed by atoms with Crippen molar-refractivity contribution in [1.29, 1.82) is 0 Å². The number of aliphatic hydroxyl groups is 7. The third kappa shape index (κ3) is 37.7. The van der Waals surface area contributed by atoms with Crippen LogP contribution in [0.15, 0.2) is 36.5 Å². The van der Waals surface area contributed by atoms with Crippen molar-refractivity contribution >= 4 is 5.91 Å². The highest BCUT2D eigenvalue weighted by Gasteiger charge is 2.44. The Morgan fingerprint density at radius 2 is 0.845 bits per heavy atom. The molecule has 9 unspecified atom stereocenters. The minimum atomic E-state index is -1.67. The van der Waals surface area contributed by atoms with E-state index in [2.05, 4.69) is 55.6 Å². The lowest BCUT2D eigenvalue weighted by molar-refractivity contribution is -0.303. The van der Waals surface area contributed by atoms with Gasteiger partial charge in [0.25, 0.3) is 0 Å². The summed E-state index contributed by atoms with van der Waals surface area (Å²) >= 11 is 0. The highest BCUT2D eigenvalue weighted by molar-refractivity contribution is 5.80. The predicted molar refractivity (Wildman–Crippen MR) is 293 cm³/mol. The van der Waals surface area contributed by atoms with Crippen LogP contribution in [-0.2, 0) is 14.3 Å². The van der Waals surface area contributed by atoms with Crippen molar-refractivity contribution in [3.63, 3.8) is 0 Å². The molecule has 0 saturated carbocycles. The maximum atomic E-state index is 13.2. The fraction of sp³-hybridized carbons (Fsp3) is 0.883. The number of hydrogen-bond acceptors (Lipinski definition) is 10. The quantitative estimate of drug-likeness (QED) is 0.0215. The number of amides is 1. The standard InChI is InChI=1S/C60H113NO10/c1-3-5-7-9-11-13-15-17-19-21-23-24-25-26-27-28-30-31-33-35-37-39-41-43-45-47-52(63)55(65)51(50-70-60-58(68)57(67)56(66)54(49-62)71-60)61-59(69)53(64)48-46-44-42-40-38-36-34-32-29-22-20-18-16-14-12-10-8-6-4-2/h26-27,31,33,39,41,51-58,60,62-68H,3-25,28-30,32,34-38,40,42-50H2,1-2H3,(H,61,69)/b27-26+,33-31+,41-39+. The molecule has 0 aliphatic carbocycles. The summed E-state index contributed by atoms with van der Waals surface area (Å²) < 4.78 is 11.1. The maximum Gasteiger partial charge on any atom is 0.249 e. The van der Waals surface area contributed by atoms with Gasteiger partial charge in [0.15, 0.2) is 6.29 Å². The Balaban J connectivity index is 2.34. The highest BCUT2D eigenvalue weighted by Crippen LogP contribution is 2.23. The van der Waals surface area contributed by atoms with Gasteiger partial charge in [0.1, 0.15) is 36.6 Å². The number of rotatable bonds is 51. The van der Waals surface area contributed by atoms with E-state index in [9.17, 15) is 40.5 Å².